The molecule has 0 atom stereocenters. The minimum Gasteiger partial charge on any atom is -0.485 e. The normalized spacial score (nSPS) is 10.1. The molecule has 0 radical (unpaired) electrons. The minimum absolute atomic E-state index is 0.407. The maximum Gasteiger partial charge on any atom is 0.171 e. The zero-order valence-electron chi connectivity index (χ0n) is 7.31. The van der Waals surface area contributed by atoms with E-state index in [1.165, 1.54) is 4.88 Å². The van der Waals surface area contributed by atoms with E-state index < -0.39 is 0 Å². The Labute approximate surface area is 91.1 Å². The topological polar surface area (TPSA) is 22.1 Å². The zero-order chi connectivity index (χ0) is 9.80. The van der Waals surface area contributed by atoms with Gasteiger partial charge in [-0.3, -0.25) is 0 Å². The Bertz CT molecular complexity index is 402. The Kier molecular flexibility index (Phi) is 3.01. The molecule has 4 heteroatoms. The molecular formula is C10H8ClNOS. The van der Waals surface area contributed by atoms with Gasteiger partial charge in [-0.15, -0.1) is 11.3 Å². The van der Waals surface area contributed by atoms with E-state index in [-0.39, 0.29) is 0 Å². The number of hydrogen-bond donors (Lipinski definition) is 0. The highest BCUT2D eigenvalue weighted by Gasteiger charge is 2.01. The van der Waals surface area contributed by atoms with E-state index in [1.54, 1.807) is 23.6 Å². The summed E-state index contributed by atoms with van der Waals surface area (Å²) >= 11 is 7.49. The molecule has 0 aliphatic carbocycles. The fourth-order valence-electron chi connectivity index (χ4n) is 1.02. The summed E-state index contributed by atoms with van der Waals surface area (Å²) in [5.74, 6) is 0.627. The van der Waals surface area contributed by atoms with Gasteiger partial charge in [0.05, 0.1) is 0 Å². The lowest BCUT2D eigenvalue weighted by Gasteiger charge is -2.04. The van der Waals surface area contributed by atoms with E-state index in [4.69, 9.17) is 16.3 Å². The van der Waals surface area contributed by atoms with E-state index in [9.17, 15) is 0 Å². The average molecular weight is 226 g/mol. The smallest absolute Gasteiger partial charge is 0.171 e. The molecule has 0 aliphatic heterocycles. The van der Waals surface area contributed by atoms with Crippen LogP contribution in [-0.4, -0.2) is 4.98 Å². The number of halogens is 1. The zero-order valence-corrected chi connectivity index (χ0v) is 8.89. The first-order valence-electron chi connectivity index (χ1n) is 4.12. The van der Waals surface area contributed by atoms with Gasteiger partial charge in [-0.05, 0) is 23.6 Å². The van der Waals surface area contributed by atoms with Crippen molar-refractivity contribution < 1.29 is 4.74 Å². The van der Waals surface area contributed by atoms with Crippen LogP contribution in [0, 0.1) is 0 Å². The number of ether oxygens (including phenoxy) is 1. The average Bonchev–Trinajstić information content (AvgIpc) is 2.69. The van der Waals surface area contributed by atoms with Crippen molar-refractivity contribution in [3.63, 3.8) is 0 Å². The second kappa shape index (κ2) is 4.44. The standard InChI is InChI=1S/C10H8ClNOS/c11-10-9(4-1-5-12-10)13-7-8-3-2-6-14-8/h1-6H,7H2. The fourth-order valence-corrected chi connectivity index (χ4v) is 1.81. The van der Waals surface area contributed by atoms with Crippen molar-refractivity contribution in [2.24, 2.45) is 0 Å². The van der Waals surface area contributed by atoms with E-state index in [0.717, 1.165) is 0 Å². The predicted octanol–water partition coefficient (Wildman–Crippen LogP) is 3.38. The maximum absolute atomic E-state index is 5.83. The minimum atomic E-state index is 0.407. The Morgan fingerprint density at radius 2 is 2.29 bits per heavy atom. The molecule has 2 heterocycles. The predicted molar refractivity (Wildman–Crippen MR) is 57.9 cm³/mol. The van der Waals surface area contributed by atoms with Crippen molar-refractivity contribution in [3.05, 3.63) is 45.9 Å². The summed E-state index contributed by atoms with van der Waals surface area (Å²) in [6, 6.07) is 7.63. The van der Waals surface area contributed by atoms with Crippen molar-refractivity contribution in [3.8, 4) is 5.75 Å². The van der Waals surface area contributed by atoms with E-state index in [2.05, 4.69) is 4.98 Å². The van der Waals surface area contributed by atoms with Gasteiger partial charge in [0, 0.05) is 11.1 Å². The Morgan fingerprint density at radius 3 is 3.00 bits per heavy atom. The van der Waals surface area contributed by atoms with Crippen molar-refractivity contribution in [1.29, 1.82) is 0 Å². The van der Waals surface area contributed by atoms with Crippen molar-refractivity contribution in [1.82, 2.24) is 4.98 Å². The molecule has 0 bridgehead atoms. The van der Waals surface area contributed by atoms with Crippen molar-refractivity contribution in [2.75, 3.05) is 0 Å². The van der Waals surface area contributed by atoms with Crippen LogP contribution in [0.5, 0.6) is 5.75 Å². The summed E-state index contributed by atoms with van der Waals surface area (Å²) in [5.41, 5.74) is 0. The first-order valence-corrected chi connectivity index (χ1v) is 5.38. The molecule has 0 N–H and O–H groups in total. The molecule has 14 heavy (non-hydrogen) atoms. The van der Waals surface area contributed by atoms with Gasteiger partial charge in [0.15, 0.2) is 10.9 Å². The molecule has 0 fully saturated rings. The molecule has 0 saturated carbocycles. The largest absolute Gasteiger partial charge is 0.485 e. The van der Waals surface area contributed by atoms with Gasteiger partial charge in [0.1, 0.15) is 6.61 Å². The monoisotopic (exact) mass is 225 g/mol. The lowest BCUT2D eigenvalue weighted by Crippen LogP contribution is -1.93. The second-order valence-corrected chi connectivity index (χ2v) is 4.05. The molecule has 0 unspecified atom stereocenters. The first-order chi connectivity index (χ1) is 6.86. The van der Waals surface area contributed by atoms with Crippen LogP contribution >= 0.6 is 22.9 Å². The summed E-state index contributed by atoms with van der Waals surface area (Å²) in [4.78, 5) is 5.09. The fraction of sp³-hybridized carbons (Fsp3) is 0.100. The van der Waals surface area contributed by atoms with Crippen LogP contribution in [0.15, 0.2) is 35.8 Å². The van der Waals surface area contributed by atoms with Gasteiger partial charge in [-0.2, -0.15) is 0 Å². The molecule has 2 nitrogen and oxygen atoms in total. The second-order valence-electron chi connectivity index (χ2n) is 2.66. The number of hydrogen-bond acceptors (Lipinski definition) is 3. The molecule has 0 spiro atoms. The Balaban J connectivity index is 2.02. The highest BCUT2D eigenvalue weighted by molar-refractivity contribution is 7.09. The van der Waals surface area contributed by atoms with Crippen LogP contribution in [-0.2, 0) is 6.61 Å². The van der Waals surface area contributed by atoms with Gasteiger partial charge in [0.25, 0.3) is 0 Å². The van der Waals surface area contributed by atoms with Crippen LogP contribution in [0.2, 0.25) is 5.15 Å². The molecule has 0 aromatic carbocycles. The quantitative estimate of drug-likeness (QED) is 0.748. The summed E-state index contributed by atoms with van der Waals surface area (Å²) < 4.78 is 5.50. The van der Waals surface area contributed by atoms with Crippen LogP contribution in [0.25, 0.3) is 0 Å². The van der Waals surface area contributed by atoms with Crippen LogP contribution in [0.1, 0.15) is 4.88 Å². The van der Waals surface area contributed by atoms with Gasteiger partial charge in [0.2, 0.25) is 0 Å². The van der Waals surface area contributed by atoms with E-state index in [1.807, 2.05) is 23.6 Å². The lowest BCUT2D eigenvalue weighted by atomic mass is 10.4. The van der Waals surface area contributed by atoms with Gasteiger partial charge >= 0.3 is 0 Å². The molecule has 2 rings (SSSR count). The third-order valence-corrected chi connectivity index (χ3v) is 2.81. The Hall–Kier alpha value is -1.06. The number of pyridine rings is 1. The van der Waals surface area contributed by atoms with Crippen LogP contribution < -0.4 is 4.74 Å². The number of thiophene rings is 1. The Morgan fingerprint density at radius 1 is 1.36 bits per heavy atom. The molecule has 0 aliphatic rings. The number of nitrogens with zero attached hydrogens (tertiary/aromatic N) is 1. The maximum atomic E-state index is 5.83. The van der Waals surface area contributed by atoms with E-state index >= 15 is 0 Å². The van der Waals surface area contributed by atoms with Crippen LogP contribution in [0.4, 0.5) is 0 Å². The third-order valence-electron chi connectivity index (χ3n) is 1.67. The molecule has 72 valence electrons. The molecular weight excluding hydrogens is 218 g/mol. The number of rotatable bonds is 3. The van der Waals surface area contributed by atoms with Gasteiger partial charge in [-0.25, -0.2) is 4.98 Å². The molecule has 0 saturated heterocycles. The van der Waals surface area contributed by atoms with Crippen molar-refractivity contribution in [2.45, 2.75) is 6.61 Å². The molecule has 0 amide bonds. The third kappa shape index (κ3) is 2.25. The lowest BCUT2D eigenvalue weighted by molar-refractivity contribution is 0.309. The number of aromatic nitrogens is 1. The highest BCUT2D eigenvalue weighted by Crippen LogP contribution is 2.22. The highest BCUT2D eigenvalue weighted by atomic mass is 35.5. The van der Waals surface area contributed by atoms with Gasteiger partial charge in [-0.1, -0.05) is 17.7 Å². The van der Waals surface area contributed by atoms with Gasteiger partial charge < -0.3 is 4.74 Å². The summed E-state index contributed by atoms with van der Waals surface area (Å²) in [6.07, 6.45) is 1.64. The SMILES string of the molecule is Clc1ncccc1OCc1cccs1. The summed E-state index contributed by atoms with van der Waals surface area (Å²) in [7, 11) is 0. The van der Waals surface area contributed by atoms with Crippen LogP contribution in [0.3, 0.4) is 0 Å². The van der Waals surface area contributed by atoms with E-state index in [0.29, 0.717) is 17.5 Å². The summed E-state index contributed by atoms with van der Waals surface area (Å²) in [5, 5.41) is 2.42. The first kappa shape index (κ1) is 9.49. The summed E-state index contributed by atoms with van der Waals surface area (Å²) in [6.45, 7) is 0.545. The van der Waals surface area contributed by atoms with Crippen molar-refractivity contribution >= 4 is 22.9 Å². The molecule has 2 aromatic heterocycles. The molecule has 2 aromatic rings.